The summed E-state index contributed by atoms with van der Waals surface area (Å²) in [5, 5.41) is 2.84. The molecule has 0 atom stereocenters. The van der Waals surface area contributed by atoms with Crippen LogP contribution in [-0.2, 0) is 35.6 Å². The molecule has 0 unspecified atom stereocenters. The first-order valence-electron chi connectivity index (χ1n) is 12.8. The maximum absolute atomic E-state index is 13.4. The molecular formula is C32H33N3O4. The van der Waals surface area contributed by atoms with Crippen LogP contribution in [-0.4, -0.2) is 30.4 Å². The van der Waals surface area contributed by atoms with Crippen molar-refractivity contribution in [2.45, 2.75) is 26.1 Å². The minimum absolute atomic E-state index is 0.00811. The highest BCUT2D eigenvalue weighted by molar-refractivity contribution is 5.91. The lowest BCUT2D eigenvalue weighted by atomic mass is 10.1. The molecule has 200 valence electrons. The molecule has 39 heavy (non-hydrogen) atoms. The van der Waals surface area contributed by atoms with Crippen molar-refractivity contribution in [3.8, 4) is 11.5 Å². The number of nitrogens with two attached hydrogens (primary N) is 1. The van der Waals surface area contributed by atoms with Gasteiger partial charge in [-0.2, -0.15) is 0 Å². The van der Waals surface area contributed by atoms with Crippen molar-refractivity contribution < 1.29 is 19.1 Å². The average Bonchev–Trinajstić information content (AvgIpc) is 2.97. The summed E-state index contributed by atoms with van der Waals surface area (Å²) in [6.07, 6.45) is 0.274. The minimum atomic E-state index is -0.248. The Labute approximate surface area is 229 Å². The summed E-state index contributed by atoms with van der Waals surface area (Å²) < 4.78 is 10.7. The van der Waals surface area contributed by atoms with Crippen LogP contribution in [0.1, 0.15) is 22.3 Å². The zero-order valence-electron chi connectivity index (χ0n) is 22.0. The fraction of sp³-hybridized carbons (Fsp3) is 0.188. The van der Waals surface area contributed by atoms with Crippen molar-refractivity contribution in [3.63, 3.8) is 0 Å². The largest absolute Gasteiger partial charge is 0.497 e. The van der Waals surface area contributed by atoms with Gasteiger partial charge in [-0.05, 0) is 58.7 Å². The molecule has 0 saturated carbocycles. The fourth-order valence-electron chi connectivity index (χ4n) is 4.11. The summed E-state index contributed by atoms with van der Waals surface area (Å²) in [7, 11) is 1.62. The number of para-hydroxylation sites is 1. The zero-order chi connectivity index (χ0) is 27.5. The van der Waals surface area contributed by atoms with Gasteiger partial charge in [-0.1, -0.05) is 66.7 Å². The van der Waals surface area contributed by atoms with Crippen molar-refractivity contribution in [1.29, 1.82) is 0 Å². The van der Waals surface area contributed by atoms with Crippen LogP contribution >= 0.6 is 0 Å². The Hall–Kier alpha value is -4.62. The second-order valence-electron chi connectivity index (χ2n) is 9.15. The van der Waals surface area contributed by atoms with Crippen molar-refractivity contribution in [2.75, 3.05) is 19.0 Å². The van der Waals surface area contributed by atoms with E-state index < -0.39 is 0 Å². The molecule has 0 radical (unpaired) electrons. The van der Waals surface area contributed by atoms with Crippen LogP contribution < -0.4 is 20.5 Å². The van der Waals surface area contributed by atoms with Crippen LogP contribution in [0.15, 0.2) is 103 Å². The Bertz CT molecular complexity index is 1360. The van der Waals surface area contributed by atoms with E-state index in [2.05, 4.69) is 5.32 Å². The van der Waals surface area contributed by atoms with Crippen LogP contribution in [0, 0.1) is 0 Å². The molecule has 0 heterocycles. The number of benzene rings is 4. The molecular weight excluding hydrogens is 490 g/mol. The van der Waals surface area contributed by atoms with Gasteiger partial charge in [0.1, 0.15) is 11.5 Å². The van der Waals surface area contributed by atoms with Crippen LogP contribution in [0.3, 0.4) is 0 Å². The molecule has 7 heteroatoms. The molecule has 0 bridgehead atoms. The number of carbonyl (C=O) groups excluding carboxylic acids is 2. The Balaban J connectivity index is 1.41. The highest BCUT2D eigenvalue weighted by atomic mass is 16.5. The molecule has 3 N–H and O–H groups in total. The Morgan fingerprint density at radius 1 is 0.744 bits per heavy atom. The quantitative estimate of drug-likeness (QED) is 0.274. The number of nitrogens with zero attached hydrogens (tertiary/aromatic N) is 1. The molecule has 2 amide bonds. The lowest BCUT2D eigenvalue weighted by Crippen LogP contribution is -2.31. The fourth-order valence-corrected chi connectivity index (χ4v) is 4.11. The van der Waals surface area contributed by atoms with E-state index in [0.717, 1.165) is 28.0 Å². The number of anilines is 1. The molecule has 0 aromatic heterocycles. The average molecular weight is 524 g/mol. The van der Waals surface area contributed by atoms with Crippen LogP contribution in [0.4, 0.5) is 5.69 Å². The summed E-state index contributed by atoms with van der Waals surface area (Å²) in [5.74, 6) is 1.15. The van der Waals surface area contributed by atoms with Crippen LogP contribution in [0.5, 0.6) is 11.5 Å². The van der Waals surface area contributed by atoms with Gasteiger partial charge in [-0.3, -0.25) is 9.59 Å². The highest BCUT2D eigenvalue weighted by Gasteiger charge is 2.16. The van der Waals surface area contributed by atoms with Crippen molar-refractivity contribution in [2.24, 2.45) is 5.73 Å². The van der Waals surface area contributed by atoms with E-state index in [1.807, 2.05) is 95.9 Å². The van der Waals surface area contributed by atoms with Gasteiger partial charge in [-0.15, -0.1) is 0 Å². The normalized spacial score (nSPS) is 10.5. The number of carbonyl (C=O) groups is 2. The number of ether oxygens (including phenoxy) is 2. The topological polar surface area (TPSA) is 93.9 Å². The molecule has 4 aromatic carbocycles. The zero-order valence-corrected chi connectivity index (χ0v) is 22.0. The van der Waals surface area contributed by atoms with Crippen LogP contribution in [0.25, 0.3) is 0 Å². The van der Waals surface area contributed by atoms with Gasteiger partial charge in [0.15, 0.2) is 6.61 Å². The third kappa shape index (κ3) is 8.45. The standard InChI is InChI=1S/C32H33N3O4/c1-38-29-16-12-24(13-17-29)19-32(37)35(22-27-7-5-6-26(18-27)20-33)21-25-10-14-28(15-11-25)34-31(36)23-39-30-8-3-2-4-9-30/h2-18H,19-23,33H2,1H3,(H,34,36). The van der Waals surface area contributed by atoms with E-state index in [-0.39, 0.29) is 24.8 Å². The summed E-state index contributed by atoms with van der Waals surface area (Å²) in [6.45, 7) is 1.24. The number of amides is 2. The van der Waals surface area contributed by atoms with E-state index in [1.165, 1.54) is 0 Å². The van der Waals surface area contributed by atoms with Gasteiger partial charge < -0.3 is 25.4 Å². The van der Waals surface area contributed by atoms with Crippen LogP contribution in [0.2, 0.25) is 0 Å². The SMILES string of the molecule is COc1ccc(CC(=O)N(Cc2ccc(NC(=O)COc3ccccc3)cc2)Cc2cccc(CN)c2)cc1. The van der Waals surface area contributed by atoms with Gasteiger partial charge in [0.25, 0.3) is 5.91 Å². The van der Waals surface area contributed by atoms with Gasteiger partial charge in [-0.25, -0.2) is 0 Å². The van der Waals surface area contributed by atoms with E-state index in [1.54, 1.807) is 19.2 Å². The number of nitrogens with one attached hydrogen (secondary N) is 1. The van der Waals surface area contributed by atoms with E-state index in [0.29, 0.717) is 31.1 Å². The van der Waals surface area contributed by atoms with Gasteiger partial charge >= 0.3 is 0 Å². The number of hydrogen-bond donors (Lipinski definition) is 2. The molecule has 7 nitrogen and oxygen atoms in total. The summed E-state index contributed by atoms with van der Waals surface area (Å²) >= 11 is 0. The van der Waals surface area contributed by atoms with Crippen molar-refractivity contribution in [3.05, 3.63) is 125 Å². The third-order valence-electron chi connectivity index (χ3n) is 6.19. The monoisotopic (exact) mass is 523 g/mol. The molecule has 4 rings (SSSR count). The van der Waals surface area contributed by atoms with Gasteiger partial charge in [0.2, 0.25) is 5.91 Å². The smallest absolute Gasteiger partial charge is 0.262 e. The molecule has 0 aliphatic heterocycles. The maximum Gasteiger partial charge on any atom is 0.262 e. The highest BCUT2D eigenvalue weighted by Crippen LogP contribution is 2.18. The summed E-state index contributed by atoms with van der Waals surface area (Å²) in [6, 6.07) is 32.2. The lowest BCUT2D eigenvalue weighted by Gasteiger charge is -2.24. The molecule has 0 saturated heterocycles. The Morgan fingerprint density at radius 3 is 2.10 bits per heavy atom. The third-order valence-corrected chi connectivity index (χ3v) is 6.19. The van der Waals surface area contributed by atoms with Crippen molar-refractivity contribution >= 4 is 17.5 Å². The molecule has 0 fully saturated rings. The van der Waals surface area contributed by atoms with E-state index in [4.69, 9.17) is 15.2 Å². The van der Waals surface area contributed by atoms with E-state index >= 15 is 0 Å². The molecule has 0 aliphatic carbocycles. The predicted octanol–water partition coefficient (Wildman–Crippen LogP) is 4.94. The molecule has 4 aromatic rings. The second kappa shape index (κ2) is 13.8. The second-order valence-corrected chi connectivity index (χ2v) is 9.15. The first-order chi connectivity index (χ1) is 19.0. The maximum atomic E-state index is 13.4. The van der Waals surface area contributed by atoms with Gasteiger partial charge in [0.05, 0.1) is 13.5 Å². The predicted molar refractivity (Wildman–Crippen MR) is 152 cm³/mol. The van der Waals surface area contributed by atoms with E-state index in [9.17, 15) is 9.59 Å². The molecule has 0 aliphatic rings. The summed E-state index contributed by atoms with van der Waals surface area (Å²) in [5.41, 5.74) is 10.4. The lowest BCUT2D eigenvalue weighted by molar-refractivity contribution is -0.131. The minimum Gasteiger partial charge on any atom is -0.497 e. The Morgan fingerprint density at radius 2 is 1.41 bits per heavy atom. The first-order valence-corrected chi connectivity index (χ1v) is 12.8. The number of rotatable bonds is 12. The number of hydrogen-bond acceptors (Lipinski definition) is 5. The number of methoxy groups -OCH3 is 1. The first kappa shape index (κ1) is 27.4. The Kier molecular flexibility index (Phi) is 9.69. The summed E-state index contributed by atoms with van der Waals surface area (Å²) in [4.78, 5) is 27.6. The molecule has 0 spiro atoms. The van der Waals surface area contributed by atoms with Crippen molar-refractivity contribution in [1.82, 2.24) is 4.90 Å². The van der Waals surface area contributed by atoms with Gasteiger partial charge in [0, 0.05) is 25.3 Å².